The molecule has 2 aromatic rings. The molecule has 6 heteroatoms. The molecule has 23 heavy (non-hydrogen) atoms. The molecule has 0 bridgehead atoms. The minimum Gasteiger partial charge on any atom is -0.475 e. The predicted octanol–water partition coefficient (Wildman–Crippen LogP) is 3.03. The van der Waals surface area contributed by atoms with Gasteiger partial charge in [-0.3, -0.25) is 0 Å². The zero-order valence-electron chi connectivity index (χ0n) is 12.8. The Balaban J connectivity index is 1.49. The Hall–Kier alpha value is -2.27. The molecule has 1 aliphatic carbocycles. The number of pyridine rings is 1. The average molecular weight is 331 g/mol. The first-order valence-electron chi connectivity index (χ1n) is 7.64. The van der Waals surface area contributed by atoms with E-state index in [-0.39, 0.29) is 0 Å². The number of guanidine groups is 1. The van der Waals surface area contributed by atoms with Crippen molar-refractivity contribution in [2.45, 2.75) is 19.3 Å². The maximum absolute atomic E-state index is 5.96. The summed E-state index contributed by atoms with van der Waals surface area (Å²) >= 11 is 5.96. The summed E-state index contributed by atoms with van der Waals surface area (Å²) in [5, 5.41) is 3.60. The molecule has 1 aromatic heterocycles. The number of ether oxygens (including phenoxy) is 1. The van der Waals surface area contributed by atoms with Crippen molar-refractivity contribution < 1.29 is 4.74 Å². The van der Waals surface area contributed by atoms with Crippen LogP contribution in [0.15, 0.2) is 41.5 Å². The Morgan fingerprint density at radius 2 is 2.17 bits per heavy atom. The lowest BCUT2D eigenvalue weighted by molar-refractivity contribution is 0.316. The van der Waals surface area contributed by atoms with Gasteiger partial charge >= 0.3 is 0 Å². The molecule has 3 N–H and O–H groups in total. The van der Waals surface area contributed by atoms with Crippen LogP contribution in [-0.2, 0) is 12.8 Å². The van der Waals surface area contributed by atoms with Gasteiger partial charge in [-0.05, 0) is 54.7 Å². The van der Waals surface area contributed by atoms with Gasteiger partial charge < -0.3 is 15.8 Å². The number of nitrogens with one attached hydrogen (secondary N) is 1. The molecule has 0 spiro atoms. The Kier molecular flexibility index (Phi) is 4.98. The zero-order valence-corrected chi connectivity index (χ0v) is 13.5. The lowest BCUT2D eigenvalue weighted by Crippen LogP contribution is -2.23. The molecular weight excluding hydrogens is 312 g/mol. The van der Waals surface area contributed by atoms with Crippen LogP contribution in [0.5, 0.6) is 5.88 Å². The number of rotatable bonds is 5. The fraction of sp³-hybridized carbons (Fsp3) is 0.294. The van der Waals surface area contributed by atoms with E-state index in [1.165, 1.54) is 24.0 Å². The standard InChI is InChI=1S/C17H19ClN4O/c18-15-5-2-8-20-16(15)23-10-9-21-17(19)22-14-7-6-12-3-1-4-13(12)11-14/h2,5-8,11H,1,3-4,9-10H2,(H3,19,21,22). The molecule has 0 saturated heterocycles. The van der Waals surface area contributed by atoms with Crippen molar-refractivity contribution in [2.75, 3.05) is 18.5 Å². The van der Waals surface area contributed by atoms with Crippen molar-refractivity contribution in [2.24, 2.45) is 10.7 Å². The van der Waals surface area contributed by atoms with Gasteiger partial charge in [-0.25, -0.2) is 9.98 Å². The molecule has 120 valence electrons. The number of benzene rings is 1. The summed E-state index contributed by atoms with van der Waals surface area (Å²) in [7, 11) is 0. The Morgan fingerprint density at radius 3 is 3.04 bits per heavy atom. The second-order valence-corrected chi connectivity index (χ2v) is 5.78. The van der Waals surface area contributed by atoms with Crippen LogP contribution >= 0.6 is 11.6 Å². The van der Waals surface area contributed by atoms with E-state index in [1.807, 2.05) is 6.07 Å². The van der Waals surface area contributed by atoms with Crippen LogP contribution in [0.4, 0.5) is 5.69 Å². The third kappa shape index (κ3) is 4.13. The summed E-state index contributed by atoms with van der Waals surface area (Å²) in [6.07, 6.45) is 5.18. The smallest absolute Gasteiger partial charge is 0.232 e. The van der Waals surface area contributed by atoms with Crippen LogP contribution in [0.1, 0.15) is 17.5 Å². The van der Waals surface area contributed by atoms with Crippen molar-refractivity contribution in [1.82, 2.24) is 4.98 Å². The van der Waals surface area contributed by atoms with E-state index in [0.717, 1.165) is 12.1 Å². The fourth-order valence-electron chi connectivity index (χ4n) is 2.62. The van der Waals surface area contributed by atoms with Crippen molar-refractivity contribution in [3.63, 3.8) is 0 Å². The Labute approximate surface area is 140 Å². The number of fused-ring (bicyclic) bond motifs is 1. The molecule has 5 nitrogen and oxygen atoms in total. The summed E-state index contributed by atoms with van der Waals surface area (Å²) in [5.74, 6) is 0.785. The highest BCUT2D eigenvalue weighted by Crippen LogP contribution is 2.24. The first-order valence-corrected chi connectivity index (χ1v) is 8.02. The predicted molar refractivity (Wildman–Crippen MR) is 93.3 cm³/mol. The molecule has 0 atom stereocenters. The molecule has 0 radical (unpaired) electrons. The lowest BCUT2D eigenvalue weighted by Gasteiger charge is -2.08. The summed E-state index contributed by atoms with van der Waals surface area (Å²) in [6, 6.07) is 9.83. The van der Waals surface area contributed by atoms with E-state index in [1.54, 1.807) is 18.3 Å². The molecule has 1 aromatic carbocycles. The quantitative estimate of drug-likeness (QED) is 0.502. The Bertz CT molecular complexity index is 717. The first-order chi connectivity index (χ1) is 11.2. The summed E-state index contributed by atoms with van der Waals surface area (Å²) < 4.78 is 5.46. The summed E-state index contributed by atoms with van der Waals surface area (Å²) in [4.78, 5) is 8.29. The van der Waals surface area contributed by atoms with Crippen LogP contribution in [-0.4, -0.2) is 24.1 Å². The third-order valence-electron chi connectivity index (χ3n) is 3.71. The molecular formula is C17H19ClN4O. The minimum atomic E-state index is 0.364. The minimum absolute atomic E-state index is 0.364. The van der Waals surface area contributed by atoms with Crippen LogP contribution in [0, 0.1) is 0 Å². The monoisotopic (exact) mass is 330 g/mol. The average Bonchev–Trinajstić information content (AvgIpc) is 3.01. The van der Waals surface area contributed by atoms with Crippen molar-refractivity contribution in [3.05, 3.63) is 52.7 Å². The van der Waals surface area contributed by atoms with E-state index in [9.17, 15) is 0 Å². The number of aromatic nitrogens is 1. The third-order valence-corrected chi connectivity index (χ3v) is 4.00. The van der Waals surface area contributed by atoms with E-state index in [2.05, 4.69) is 27.4 Å². The van der Waals surface area contributed by atoms with Gasteiger partial charge in [0.05, 0.1) is 6.54 Å². The molecule has 0 aliphatic heterocycles. The second kappa shape index (κ2) is 7.33. The van der Waals surface area contributed by atoms with Gasteiger partial charge in [-0.2, -0.15) is 0 Å². The number of anilines is 1. The molecule has 1 heterocycles. The van der Waals surface area contributed by atoms with Crippen LogP contribution in [0.25, 0.3) is 0 Å². The normalized spacial score (nSPS) is 13.7. The number of nitrogens with zero attached hydrogens (tertiary/aromatic N) is 2. The summed E-state index contributed by atoms with van der Waals surface area (Å²) in [6.45, 7) is 0.792. The number of aryl methyl sites for hydroxylation is 2. The van der Waals surface area contributed by atoms with Crippen LogP contribution < -0.4 is 15.8 Å². The number of hydrogen-bond acceptors (Lipinski definition) is 3. The highest BCUT2D eigenvalue weighted by molar-refractivity contribution is 6.31. The zero-order chi connectivity index (χ0) is 16.1. The van der Waals surface area contributed by atoms with Gasteiger partial charge in [-0.1, -0.05) is 17.7 Å². The number of nitrogens with two attached hydrogens (primary N) is 1. The molecule has 0 unspecified atom stereocenters. The largest absolute Gasteiger partial charge is 0.475 e. The van der Waals surface area contributed by atoms with Gasteiger partial charge in [0, 0.05) is 11.9 Å². The maximum Gasteiger partial charge on any atom is 0.232 e. The van der Waals surface area contributed by atoms with Crippen LogP contribution in [0.2, 0.25) is 5.02 Å². The highest BCUT2D eigenvalue weighted by Gasteiger charge is 2.10. The van der Waals surface area contributed by atoms with Gasteiger partial charge in [0.1, 0.15) is 11.6 Å². The van der Waals surface area contributed by atoms with Crippen molar-refractivity contribution in [1.29, 1.82) is 0 Å². The molecule has 0 amide bonds. The summed E-state index contributed by atoms with van der Waals surface area (Å²) in [5.41, 5.74) is 9.71. The number of aliphatic imine (C=N–C) groups is 1. The topological polar surface area (TPSA) is 72.5 Å². The molecule has 3 rings (SSSR count). The van der Waals surface area contributed by atoms with Crippen molar-refractivity contribution in [3.8, 4) is 5.88 Å². The second-order valence-electron chi connectivity index (χ2n) is 5.37. The van der Waals surface area contributed by atoms with Gasteiger partial charge in [0.15, 0.2) is 5.96 Å². The van der Waals surface area contributed by atoms with E-state index < -0.39 is 0 Å². The Morgan fingerprint density at radius 1 is 1.30 bits per heavy atom. The molecule has 0 saturated carbocycles. The maximum atomic E-state index is 5.96. The lowest BCUT2D eigenvalue weighted by atomic mass is 10.1. The van der Waals surface area contributed by atoms with Gasteiger partial charge in [0.25, 0.3) is 0 Å². The van der Waals surface area contributed by atoms with Gasteiger partial charge in [-0.15, -0.1) is 0 Å². The SMILES string of the molecule is NC(=NCCOc1ncccc1Cl)Nc1ccc2c(c1)CCC2. The first kappa shape index (κ1) is 15.6. The van der Waals surface area contributed by atoms with Crippen LogP contribution in [0.3, 0.4) is 0 Å². The van der Waals surface area contributed by atoms with Crippen molar-refractivity contribution >= 4 is 23.2 Å². The van der Waals surface area contributed by atoms with Gasteiger partial charge in [0.2, 0.25) is 5.88 Å². The van der Waals surface area contributed by atoms with E-state index in [0.29, 0.717) is 30.0 Å². The highest BCUT2D eigenvalue weighted by atomic mass is 35.5. The van der Waals surface area contributed by atoms with E-state index in [4.69, 9.17) is 22.1 Å². The molecule has 0 fully saturated rings. The fourth-order valence-corrected chi connectivity index (χ4v) is 2.80. The van der Waals surface area contributed by atoms with E-state index >= 15 is 0 Å². The number of halogens is 1. The number of hydrogen-bond donors (Lipinski definition) is 2. The molecule has 1 aliphatic rings.